The second-order valence-corrected chi connectivity index (χ2v) is 9.51. The Hall–Kier alpha value is -1.39. The molecule has 0 aromatic heterocycles. The van der Waals surface area contributed by atoms with Gasteiger partial charge in [0.2, 0.25) is 0 Å². The summed E-state index contributed by atoms with van der Waals surface area (Å²) in [6, 6.07) is 0. The number of carbonyl (C=O) groups is 3. The second kappa shape index (κ2) is 7.56. The Morgan fingerprint density at radius 1 is 1.11 bits per heavy atom. The normalized spacial score (nSPS) is 43.8. The van der Waals surface area contributed by atoms with Gasteiger partial charge in [0.15, 0.2) is 0 Å². The molecule has 0 amide bonds. The van der Waals surface area contributed by atoms with Crippen LogP contribution in [0.4, 0.5) is 0 Å². The average Bonchev–Trinajstić information content (AvgIpc) is 2.63. The Bertz CT molecular complexity index is 602. The molecule has 3 saturated carbocycles. The van der Waals surface area contributed by atoms with Crippen LogP contribution >= 0.6 is 0 Å². The van der Waals surface area contributed by atoms with E-state index in [1.807, 2.05) is 6.92 Å². The number of methoxy groups -OCH3 is 1. The summed E-state index contributed by atoms with van der Waals surface area (Å²) in [6.07, 6.45) is 8.32. The minimum atomic E-state index is -0.561. The summed E-state index contributed by atoms with van der Waals surface area (Å²) >= 11 is 0. The summed E-state index contributed by atoms with van der Waals surface area (Å²) in [6.45, 7) is 5.88. The minimum Gasteiger partial charge on any atom is -0.469 e. The van der Waals surface area contributed by atoms with E-state index in [4.69, 9.17) is 9.47 Å². The van der Waals surface area contributed by atoms with Crippen molar-refractivity contribution in [1.82, 2.24) is 0 Å². The number of ether oxygens (including phenoxy) is 2. The van der Waals surface area contributed by atoms with Gasteiger partial charge in [0.1, 0.15) is 12.4 Å². The summed E-state index contributed by atoms with van der Waals surface area (Å²) in [5, 5.41) is 0. The molecule has 152 valence electrons. The zero-order valence-electron chi connectivity index (χ0n) is 17.2. The Kier molecular flexibility index (Phi) is 5.69. The molecule has 0 spiro atoms. The number of fused-ring (bicyclic) bond motifs is 3. The molecule has 3 aliphatic rings. The Labute approximate surface area is 162 Å². The lowest BCUT2D eigenvalue weighted by Crippen LogP contribution is -2.56. The zero-order valence-corrected chi connectivity index (χ0v) is 17.2. The van der Waals surface area contributed by atoms with Gasteiger partial charge in [0.05, 0.1) is 12.5 Å². The predicted molar refractivity (Wildman–Crippen MR) is 101 cm³/mol. The molecule has 0 heterocycles. The second-order valence-electron chi connectivity index (χ2n) is 9.51. The average molecular weight is 379 g/mol. The maximum atomic E-state index is 12.6. The largest absolute Gasteiger partial charge is 0.469 e. The number of esters is 2. The molecule has 0 N–H and O–H groups in total. The molecule has 3 aliphatic carbocycles. The molecule has 3 fully saturated rings. The maximum absolute atomic E-state index is 12.6. The van der Waals surface area contributed by atoms with Crippen molar-refractivity contribution in [3.05, 3.63) is 0 Å². The van der Waals surface area contributed by atoms with E-state index in [0.717, 1.165) is 51.2 Å². The van der Waals surface area contributed by atoms with E-state index in [1.54, 1.807) is 0 Å². The van der Waals surface area contributed by atoms with Gasteiger partial charge in [-0.3, -0.25) is 9.59 Å². The molecule has 0 saturated heterocycles. The van der Waals surface area contributed by atoms with Crippen LogP contribution in [0.5, 0.6) is 0 Å². The van der Waals surface area contributed by atoms with Gasteiger partial charge < -0.3 is 14.3 Å². The maximum Gasteiger partial charge on any atom is 0.311 e. The Morgan fingerprint density at radius 3 is 2.48 bits per heavy atom. The summed E-state index contributed by atoms with van der Waals surface area (Å²) in [5.41, 5.74) is -0.354. The van der Waals surface area contributed by atoms with Crippen LogP contribution in [0.25, 0.3) is 0 Å². The molecule has 0 aromatic carbocycles. The minimum absolute atomic E-state index is 0.0480. The highest BCUT2D eigenvalue weighted by Gasteiger charge is 2.59. The molecule has 5 heteroatoms. The Balaban J connectivity index is 1.83. The van der Waals surface area contributed by atoms with E-state index >= 15 is 0 Å². The molecular formula is C22H34O5. The Morgan fingerprint density at radius 2 is 1.85 bits per heavy atom. The molecular weight excluding hydrogens is 344 g/mol. The van der Waals surface area contributed by atoms with Gasteiger partial charge in [-0.15, -0.1) is 0 Å². The highest BCUT2D eigenvalue weighted by atomic mass is 16.5. The van der Waals surface area contributed by atoms with Crippen molar-refractivity contribution >= 4 is 18.2 Å². The lowest BCUT2D eigenvalue weighted by Gasteiger charge is -2.60. The molecule has 27 heavy (non-hydrogen) atoms. The third kappa shape index (κ3) is 3.42. The zero-order chi connectivity index (χ0) is 19.8. The van der Waals surface area contributed by atoms with Crippen molar-refractivity contribution < 1.29 is 23.9 Å². The summed E-state index contributed by atoms with van der Waals surface area (Å²) < 4.78 is 10.6. The number of carbonyl (C=O) groups excluding carboxylic acids is 3. The van der Waals surface area contributed by atoms with Crippen LogP contribution in [0.2, 0.25) is 0 Å². The first-order valence-corrected chi connectivity index (χ1v) is 10.5. The van der Waals surface area contributed by atoms with E-state index in [1.165, 1.54) is 14.0 Å². The lowest BCUT2D eigenvalue weighted by molar-refractivity contribution is -0.175. The lowest BCUT2D eigenvalue weighted by atomic mass is 9.44. The van der Waals surface area contributed by atoms with Gasteiger partial charge in [-0.2, -0.15) is 0 Å². The van der Waals surface area contributed by atoms with Crippen LogP contribution in [0.3, 0.4) is 0 Å². The third-order valence-corrected chi connectivity index (χ3v) is 8.34. The molecule has 5 nitrogen and oxygen atoms in total. The van der Waals surface area contributed by atoms with Gasteiger partial charge in [-0.1, -0.05) is 6.92 Å². The molecule has 0 unspecified atom stereocenters. The molecule has 0 aliphatic heterocycles. The van der Waals surface area contributed by atoms with E-state index < -0.39 is 5.41 Å². The summed E-state index contributed by atoms with van der Waals surface area (Å²) in [4.78, 5) is 35.4. The van der Waals surface area contributed by atoms with Crippen LogP contribution in [0.1, 0.15) is 72.1 Å². The van der Waals surface area contributed by atoms with Gasteiger partial charge >= 0.3 is 11.9 Å². The predicted octanol–water partition coefficient (Wildman–Crippen LogP) is 3.93. The van der Waals surface area contributed by atoms with Gasteiger partial charge in [-0.25, -0.2) is 0 Å². The van der Waals surface area contributed by atoms with Gasteiger partial charge in [-0.05, 0) is 81.0 Å². The van der Waals surface area contributed by atoms with E-state index in [9.17, 15) is 14.4 Å². The van der Waals surface area contributed by atoms with Crippen molar-refractivity contribution in [2.24, 2.45) is 34.5 Å². The number of rotatable bonds is 4. The van der Waals surface area contributed by atoms with E-state index in [2.05, 4.69) is 6.92 Å². The van der Waals surface area contributed by atoms with Crippen molar-refractivity contribution in [3.63, 3.8) is 0 Å². The fourth-order valence-corrected chi connectivity index (χ4v) is 6.91. The molecule has 3 rings (SSSR count). The standard InChI is InChI=1S/C22H34O5/c1-14(24)27-16-7-10-21(2)15(13-16)5-6-17-18(21)8-11-22(3,20(25)26-4)19(17)9-12-23/h12,15-19H,5-11,13H2,1-4H3/t15-,16-,17-,18+,19+,21+,22+/m1/s1. The quantitative estimate of drug-likeness (QED) is 0.548. The summed E-state index contributed by atoms with van der Waals surface area (Å²) in [5.74, 6) is 1.17. The third-order valence-electron chi connectivity index (χ3n) is 8.34. The monoisotopic (exact) mass is 378 g/mol. The van der Waals surface area contributed by atoms with Gasteiger partial charge in [0.25, 0.3) is 0 Å². The van der Waals surface area contributed by atoms with Crippen molar-refractivity contribution in [2.45, 2.75) is 78.2 Å². The van der Waals surface area contributed by atoms with E-state index in [-0.39, 0.29) is 29.4 Å². The van der Waals surface area contributed by atoms with Crippen molar-refractivity contribution in [1.29, 1.82) is 0 Å². The van der Waals surface area contributed by atoms with Crippen LogP contribution in [0, 0.1) is 34.5 Å². The molecule has 7 atom stereocenters. The SMILES string of the molecule is COC(=O)[C@@]1(C)CC[C@H]2[C@@H](CC[C@@H]3C[C@H](OC(C)=O)CC[C@@]32C)[C@@H]1CC=O. The first-order valence-electron chi connectivity index (χ1n) is 10.5. The summed E-state index contributed by atoms with van der Waals surface area (Å²) in [7, 11) is 1.45. The highest BCUT2D eigenvalue weighted by Crippen LogP contribution is 2.63. The van der Waals surface area contributed by atoms with E-state index in [0.29, 0.717) is 24.2 Å². The first kappa shape index (κ1) is 20.3. The molecule has 0 radical (unpaired) electrons. The fraction of sp³-hybridized carbons (Fsp3) is 0.864. The fourth-order valence-electron chi connectivity index (χ4n) is 6.91. The molecule has 0 aromatic rings. The number of hydrogen-bond acceptors (Lipinski definition) is 5. The smallest absolute Gasteiger partial charge is 0.311 e. The van der Waals surface area contributed by atoms with Crippen LogP contribution in [-0.2, 0) is 23.9 Å². The van der Waals surface area contributed by atoms with Crippen LogP contribution in [0.15, 0.2) is 0 Å². The van der Waals surface area contributed by atoms with Crippen LogP contribution < -0.4 is 0 Å². The van der Waals surface area contributed by atoms with Crippen molar-refractivity contribution in [2.75, 3.05) is 7.11 Å². The topological polar surface area (TPSA) is 69.7 Å². The molecule has 0 bridgehead atoms. The van der Waals surface area contributed by atoms with Gasteiger partial charge in [0, 0.05) is 13.3 Å². The van der Waals surface area contributed by atoms with Crippen molar-refractivity contribution in [3.8, 4) is 0 Å². The van der Waals surface area contributed by atoms with Crippen LogP contribution in [-0.4, -0.2) is 31.4 Å². The number of hydrogen-bond donors (Lipinski definition) is 0. The number of aldehydes is 1. The first-order chi connectivity index (χ1) is 12.8. The highest BCUT2D eigenvalue weighted by molar-refractivity contribution is 5.77.